The molecule has 1 unspecified atom stereocenters. The maximum absolute atomic E-state index is 13.1. The van der Waals surface area contributed by atoms with Gasteiger partial charge in [0.1, 0.15) is 17.5 Å². The zero-order valence-electron chi connectivity index (χ0n) is 16.7. The summed E-state index contributed by atoms with van der Waals surface area (Å²) in [5.74, 6) is -2.02. The van der Waals surface area contributed by atoms with Gasteiger partial charge in [-0.05, 0) is 18.2 Å². The number of carbonyl (C=O) groups excluding carboxylic acids is 1. The van der Waals surface area contributed by atoms with Crippen LogP contribution >= 0.6 is 0 Å². The minimum absolute atomic E-state index is 0.179. The first kappa shape index (κ1) is 23.8. The number of primary amides is 1. The molecule has 0 fully saturated rings. The molecule has 8 nitrogen and oxygen atoms in total. The van der Waals surface area contributed by atoms with E-state index in [2.05, 4.69) is 10.2 Å². The number of alkyl halides is 6. The van der Waals surface area contributed by atoms with Crippen molar-refractivity contribution in [3.63, 3.8) is 0 Å². The molecule has 2 heterocycles. The minimum atomic E-state index is -4.71. The zero-order valence-corrected chi connectivity index (χ0v) is 16.7. The molecule has 0 aliphatic carbocycles. The summed E-state index contributed by atoms with van der Waals surface area (Å²) >= 11 is 0. The second kappa shape index (κ2) is 8.60. The lowest BCUT2D eigenvalue weighted by Gasteiger charge is -2.16. The van der Waals surface area contributed by atoms with Crippen molar-refractivity contribution in [2.45, 2.75) is 24.8 Å². The lowest BCUT2D eigenvalue weighted by Crippen LogP contribution is -2.36. The summed E-state index contributed by atoms with van der Waals surface area (Å²) < 4.78 is 84.5. The molecular weight excluding hydrogens is 460 g/mol. The number of aromatic nitrogens is 4. The number of halogens is 6. The van der Waals surface area contributed by atoms with E-state index in [0.717, 1.165) is 37.5 Å². The number of carbonyl (C=O) groups is 1. The van der Waals surface area contributed by atoms with Gasteiger partial charge in [0.05, 0.1) is 17.5 Å². The van der Waals surface area contributed by atoms with Gasteiger partial charge < -0.3 is 10.5 Å². The number of aryl methyl sites for hydroxylation is 1. The first-order chi connectivity index (χ1) is 15.3. The quantitative estimate of drug-likeness (QED) is 0.552. The van der Waals surface area contributed by atoms with Gasteiger partial charge in [-0.15, -0.1) is 0 Å². The topological polar surface area (TPSA) is 105 Å². The molecule has 0 saturated carbocycles. The highest BCUT2D eigenvalue weighted by Crippen LogP contribution is 2.37. The number of para-hydroxylation sites is 1. The van der Waals surface area contributed by atoms with Crippen LogP contribution in [0, 0.1) is 0 Å². The van der Waals surface area contributed by atoms with E-state index in [0.29, 0.717) is 15.4 Å². The highest BCUT2D eigenvalue weighted by molar-refractivity contribution is 5.78. The van der Waals surface area contributed by atoms with Crippen LogP contribution in [-0.4, -0.2) is 25.5 Å². The molecule has 0 aliphatic heterocycles. The molecule has 2 N–H and O–H groups in total. The molecule has 1 amide bonds. The third kappa shape index (κ3) is 5.32. The second-order valence-electron chi connectivity index (χ2n) is 6.83. The van der Waals surface area contributed by atoms with E-state index in [9.17, 15) is 35.9 Å². The summed E-state index contributed by atoms with van der Waals surface area (Å²) in [6, 6.07) is 4.25. The number of ether oxygens (including phenoxy) is 1. The van der Waals surface area contributed by atoms with Gasteiger partial charge in [0, 0.05) is 19.5 Å². The number of amides is 1. The van der Waals surface area contributed by atoms with Crippen molar-refractivity contribution in [1.29, 1.82) is 0 Å². The van der Waals surface area contributed by atoms with E-state index in [1.54, 1.807) is 0 Å². The lowest BCUT2D eigenvalue weighted by atomic mass is 10.1. The molecule has 33 heavy (non-hydrogen) atoms. The van der Waals surface area contributed by atoms with Crippen LogP contribution in [0.1, 0.15) is 23.0 Å². The molecule has 0 saturated heterocycles. The van der Waals surface area contributed by atoms with E-state index in [4.69, 9.17) is 10.5 Å². The first-order valence-electron chi connectivity index (χ1n) is 9.09. The van der Waals surface area contributed by atoms with Crippen molar-refractivity contribution in [1.82, 2.24) is 19.6 Å². The van der Waals surface area contributed by atoms with Crippen molar-refractivity contribution >= 4 is 5.91 Å². The van der Waals surface area contributed by atoms with Gasteiger partial charge in [0.25, 0.3) is 5.56 Å². The fraction of sp³-hybridized carbons (Fsp3) is 0.263. The molecule has 0 radical (unpaired) electrons. The molecule has 0 bridgehead atoms. The summed E-state index contributed by atoms with van der Waals surface area (Å²) in [5.41, 5.74) is 1.98. The maximum Gasteiger partial charge on any atom is 0.433 e. The summed E-state index contributed by atoms with van der Waals surface area (Å²) in [5, 5.41) is 7.38. The van der Waals surface area contributed by atoms with Crippen LogP contribution in [0.3, 0.4) is 0 Å². The van der Waals surface area contributed by atoms with Crippen molar-refractivity contribution in [3.8, 4) is 11.5 Å². The Labute approximate surface area is 181 Å². The van der Waals surface area contributed by atoms with Gasteiger partial charge in [-0.3, -0.25) is 14.3 Å². The van der Waals surface area contributed by atoms with Gasteiger partial charge in [-0.2, -0.15) is 36.5 Å². The maximum atomic E-state index is 13.1. The third-order valence-corrected chi connectivity index (χ3v) is 4.47. The van der Waals surface area contributed by atoms with Crippen LogP contribution in [0.4, 0.5) is 26.3 Å². The Morgan fingerprint density at radius 3 is 2.33 bits per heavy atom. The molecule has 3 aromatic rings. The van der Waals surface area contributed by atoms with Gasteiger partial charge in [-0.1, -0.05) is 12.1 Å². The average Bonchev–Trinajstić information content (AvgIpc) is 3.07. The highest BCUT2D eigenvalue weighted by Gasteiger charge is 2.36. The Balaban J connectivity index is 1.89. The monoisotopic (exact) mass is 475 g/mol. The van der Waals surface area contributed by atoms with Crippen LogP contribution in [0.2, 0.25) is 0 Å². The molecule has 176 valence electrons. The van der Waals surface area contributed by atoms with Crippen LogP contribution in [0.15, 0.2) is 47.4 Å². The van der Waals surface area contributed by atoms with Crippen molar-refractivity contribution in [2.24, 2.45) is 12.8 Å². The first-order valence-corrected chi connectivity index (χ1v) is 9.09. The van der Waals surface area contributed by atoms with Gasteiger partial charge in [0.15, 0.2) is 5.75 Å². The van der Waals surface area contributed by atoms with Crippen molar-refractivity contribution in [3.05, 3.63) is 69.9 Å². The predicted molar refractivity (Wildman–Crippen MR) is 100 cm³/mol. The average molecular weight is 475 g/mol. The Bertz CT molecular complexity index is 1230. The fourth-order valence-corrected chi connectivity index (χ4v) is 3.01. The number of nitrogens with two attached hydrogens (primary N) is 1. The molecule has 3 rings (SSSR count). The zero-order chi connectivity index (χ0) is 24.6. The summed E-state index contributed by atoms with van der Waals surface area (Å²) in [4.78, 5) is 24.3. The number of hydrogen-bond acceptors (Lipinski definition) is 5. The van der Waals surface area contributed by atoms with E-state index in [1.807, 2.05) is 0 Å². The van der Waals surface area contributed by atoms with Crippen LogP contribution in [-0.2, 0) is 30.6 Å². The van der Waals surface area contributed by atoms with E-state index >= 15 is 0 Å². The molecule has 14 heteroatoms. The normalized spacial score (nSPS) is 13.1. The Kier molecular flexibility index (Phi) is 6.20. The van der Waals surface area contributed by atoms with Gasteiger partial charge in [-0.25, -0.2) is 4.68 Å². The number of nitrogens with zero attached hydrogens (tertiary/aromatic N) is 4. The van der Waals surface area contributed by atoms with E-state index in [-0.39, 0.29) is 11.4 Å². The van der Waals surface area contributed by atoms with E-state index < -0.39 is 53.3 Å². The summed E-state index contributed by atoms with van der Waals surface area (Å²) in [6.45, 7) is 0. The SMILES string of the molecule is Cn1nc(CC(C(N)=O)n2ncc(Oc3ccccc3C(F)(F)F)cc2=O)cc1C(F)(F)F. The molecular formula is C19H15F6N5O3. The Morgan fingerprint density at radius 2 is 1.79 bits per heavy atom. The number of hydrogen-bond donors (Lipinski definition) is 1. The van der Waals surface area contributed by atoms with Crippen LogP contribution in [0.25, 0.3) is 0 Å². The molecule has 2 aromatic heterocycles. The standard InChI is InChI=1S/C19H15F6N5O3/c1-29-15(19(23,24)25)7-10(28-29)6-13(17(26)32)30-16(31)8-11(9-27-30)33-14-5-3-2-4-12(14)18(20,21)22/h2-5,7-9,13H,6H2,1H3,(H2,26,32). The van der Waals surface area contributed by atoms with Crippen molar-refractivity contribution in [2.75, 3.05) is 0 Å². The molecule has 0 aliphatic rings. The van der Waals surface area contributed by atoms with E-state index in [1.165, 1.54) is 6.07 Å². The summed E-state index contributed by atoms with van der Waals surface area (Å²) in [7, 11) is 1.06. The minimum Gasteiger partial charge on any atom is -0.455 e. The smallest absolute Gasteiger partial charge is 0.433 e. The van der Waals surface area contributed by atoms with Crippen LogP contribution < -0.4 is 16.0 Å². The molecule has 1 aromatic carbocycles. The molecule has 1 atom stereocenters. The number of rotatable bonds is 6. The fourth-order valence-electron chi connectivity index (χ4n) is 3.01. The highest BCUT2D eigenvalue weighted by atomic mass is 19.4. The van der Waals surface area contributed by atoms with Crippen LogP contribution in [0.5, 0.6) is 11.5 Å². The van der Waals surface area contributed by atoms with Gasteiger partial charge >= 0.3 is 12.4 Å². The molecule has 0 spiro atoms. The Morgan fingerprint density at radius 1 is 1.12 bits per heavy atom. The largest absolute Gasteiger partial charge is 0.455 e. The lowest BCUT2D eigenvalue weighted by molar-refractivity contribution is -0.143. The van der Waals surface area contributed by atoms with Crippen molar-refractivity contribution < 1.29 is 35.9 Å². The predicted octanol–water partition coefficient (Wildman–Crippen LogP) is 3.08. The third-order valence-electron chi connectivity index (χ3n) is 4.47. The second-order valence-corrected chi connectivity index (χ2v) is 6.83. The summed E-state index contributed by atoms with van der Waals surface area (Å²) in [6.07, 6.45) is -9.01. The Hall–Kier alpha value is -3.84. The van der Waals surface area contributed by atoms with Gasteiger partial charge in [0.2, 0.25) is 5.91 Å². The number of benzene rings is 1.